The highest BCUT2D eigenvalue weighted by Crippen LogP contribution is 2.34. The van der Waals surface area contributed by atoms with E-state index in [1.807, 2.05) is 45.0 Å². The number of para-hydroxylation sites is 1. The van der Waals surface area contributed by atoms with Gasteiger partial charge in [-0.15, -0.1) is 0 Å². The topological polar surface area (TPSA) is 80.3 Å². The SMILES string of the molecule is CC(C)(C)OC(=O)N1C[C@H]2C[C@@H](OCC3CC3)CN2C[C@H]1C(=O)N[C@@H]1CCOc2ccccc21. The van der Waals surface area contributed by atoms with E-state index in [1.165, 1.54) is 12.8 Å². The molecule has 1 N–H and O–H groups in total. The Morgan fingerprint density at radius 3 is 2.68 bits per heavy atom. The Kier molecular flexibility index (Phi) is 6.46. The molecule has 1 aliphatic carbocycles. The maximum atomic E-state index is 13.6. The normalized spacial score (nSPS) is 29.1. The van der Waals surface area contributed by atoms with Gasteiger partial charge in [0.1, 0.15) is 17.4 Å². The zero-order valence-electron chi connectivity index (χ0n) is 20.5. The third-order valence-corrected chi connectivity index (χ3v) is 7.15. The molecule has 186 valence electrons. The fourth-order valence-corrected chi connectivity index (χ4v) is 5.21. The Bertz CT molecular complexity index is 912. The highest BCUT2D eigenvalue weighted by molar-refractivity contribution is 5.86. The van der Waals surface area contributed by atoms with E-state index >= 15 is 0 Å². The fraction of sp³-hybridized carbons (Fsp3) is 0.692. The van der Waals surface area contributed by atoms with Gasteiger partial charge in [0.25, 0.3) is 0 Å². The maximum absolute atomic E-state index is 13.6. The number of carbonyl (C=O) groups is 2. The van der Waals surface area contributed by atoms with Crippen LogP contribution >= 0.6 is 0 Å². The van der Waals surface area contributed by atoms with E-state index < -0.39 is 17.7 Å². The van der Waals surface area contributed by atoms with Crippen LogP contribution < -0.4 is 10.1 Å². The van der Waals surface area contributed by atoms with Crippen molar-refractivity contribution in [3.63, 3.8) is 0 Å². The highest BCUT2D eigenvalue weighted by Gasteiger charge is 2.46. The van der Waals surface area contributed by atoms with Crippen LogP contribution in [0.4, 0.5) is 4.79 Å². The molecule has 0 spiro atoms. The average molecular weight is 472 g/mol. The van der Waals surface area contributed by atoms with E-state index in [0.717, 1.165) is 36.8 Å². The summed E-state index contributed by atoms with van der Waals surface area (Å²) in [6.07, 6.45) is 3.85. The molecule has 2 saturated heterocycles. The van der Waals surface area contributed by atoms with E-state index in [-0.39, 0.29) is 24.1 Å². The number of nitrogens with zero attached hydrogens (tertiary/aromatic N) is 2. The number of nitrogens with one attached hydrogen (secondary N) is 1. The van der Waals surface area contributed by atoms with E-state index in [9.17, 15) is 9.59 Å². The van der Waals surface area contributed by atoms with E-state index in [0.29, 0.717) is 26.1 Å². The third-order valence-electron chi connectivity index (χ3n) is 7.15. The summed E-state index contributed by atoms with van der Waals surface area (Å²) < 4.78 is 17.6. The molecule has 0 unspecified atom stereocenters. The predicted molar refractivity (Wildman–Crippen MR) is 127 cm³/mol. The van der Waals surface area contributed by atoms with Crippen LogP contribution in [0.5, 0.6) is 5.75 Å². The molecule has 5 rings (SSSR count). The molecule has 4 atom stereocenters. The second kappa shape index (κ2) is 9.38. The quantitative estimate of drug-likeness (QED) is 0.711. The standard InChI is InChI=1S/C26H37N3O5/c1-26(2,3)34-25(31)29-13-18-12-19(33-16-17-8-9-17)14-28(18)15-22(29)24(30)27-21-10-11-32-23-7-5-4-6-20(21)23/h4-7,17-19,21-22H,8-16H2,1-3H3,(H,27,30)/t18-,19-,21-,22+/m1/s1. The van der Waals surface area contributed by atoms with Crippen molar-refractivity contribution in [1.82, 2.24) is 15.1 Å². The number of amides is 2. The molecule has 8 heteroatoms. The van der Waals surface area contributed by atoms with Gasteiger partial charge in [0.2, 0.25) is 5.91 Å². The number of hydrogen-bond acceptors (Lipinski definition) is 6. The molecule has 4 aliphatic rings. The van der Waals surface area contributed by atoms with Crippen molar-refractivity contribution >= 4 is 12.0 Å². The molecule has 0 radical (unpaired) electrons. The van der Waals surface area contributed by atoms with Gasteiger partial charge < -0.3 is 19.5 Å². The highest BCUT2D eigenvalue weighted by atomic mass is 16.6. The number of benzene rings is 1. The van der Waals surface area contributed by atoms with Crippen LogP contribution in [0.1, 0.15) is 58.1 Å². The molecule has 3 fully saturated rings. The summed E-state index contributed by atoms with van der Waals surface area (Å²) in [6.45, 7) is 8.71. The Hall–Kier alpha value is -2.32. The van der Waals surface area contributed by atoms with Crippen LogP contribution in [-0.4, -0.2) is 78.4 Å². The average Bonchev–Trinajstić information content (AvgIpc) is 3.53. The Balaban J connectivity index is 1.30. The van der Waals surface area contributed by atoms with Crippen molar-refractivity contribution < 1.29 is 23.8 Å². The molecule has 3 heterocycles. The summed E-state index contributed by atoms with van der Waals surface area (Å²) in [7, 11) is 0. The van der Waals surface area contributed by atoms with Gasteiger partial charge in [0, 0.05) is 44.3 Å². The first kappa shape index (κ1) is 23.4. The Morgan fingerprint density at radius 2 is 1.91 bits per heavy atom. The lowest BCUT2D eigenvalue weighted by Gasteiger charge is -2.43. The number of fused-ring (bicyclic) bond motifs is 2. The molecule has 0 bridgehead atoms. The first-order valence-electron chi connectivity index (χ1n) is 12.6. The smallest absolute Gasteiger partial charge is 0.411 e. The third kappa shape index (κ3) is 5.33. The van der Waals surface area contributed by atoms with Crippen LogP contribution in [0, 0.1) is 5.92 Å². The molecular formula is C26H37N3O5. The van der Waals surface area contributed by atoms with E-state index in [2.05, 4.69) is 10.2 Å². The Morgan fingerprint density at radius 1 is 1.12 bits per heavy atom. The van der Waals surface area contributed by atoms with Gasteiger partial charge >= 0.3 is 6.09 Å². The number of hydrogen-bond donors (Lipinski definition) is 1. The van der Waals surface area contributed by atoms with Gasteiger partial charge in [-0.1, -0.05) is 18.2 Å². The van der Waals surface area contributed by atoms with Crippen LogP contribution in [-0.2, 0) is 14.3 Å². The molecular weight excluding hydrogens is 434 g/mol. The van der Waals surface area contributed by atoms with Gasteiger partial charge in [0.15, 0.2) is 0 Å². The van der Waals surface area contributed by atoms with Gasteiger partial charge in [0.05, 0.1) is 18.8 Å². The summed E-state index contributed by atoms with van der Waals surface area (Å²) in [6, 6.07) is 7.25. The molecule has 1 saturated carbocycles. The monoisotopic (exact) mass is 471 g/mol. The first-order chi connectivity index (χ1) is 16.3. The summed E-state index contributed by atoms with van der Waals surface area (Å²) in [4.78, 5) is 30.7. The van der Waals surface area contributed by atoms with Crippen molar-refractivity contribution in [3.05, 3.63) is 29.8 Å². The summed E-state index contributed by atoms with van der Waals surface area (Å²) in [5.41, 5.74) is 0.356. The molecule has 34 heavy (non-hydrogen) atoms. The van der Waals surface area contributed by atoms with Crippen molar-refractivity contribution in [3.8, 4) is 5.75 Å². The molecule has 0 aromatic heterocycles. The van der Waals surface area contributed by atoms with Gasteiger partial charge in [-0.3, -0.25) is 14.6 Å². The zero-order valence-corrected chi connectivity index (χ0v) is 20.5. The van der Waals surface area contributed by atoms with E-state index in [1.54, 1.807) is 4.90 Å². The van der Waals surface area contributed by atoms with Crippen molar-refractivity contribution in [1.29, 1.82) is 0 Å². The second-order valence-corrected chi connectivity index (χ2v) is 11.1. The lowest BCUT2D eigenvalue weighted by atomic mass is 9.99. The van der Waals surface area contributed by atoms with Gasteiger partial charge in [-0.05, 0) is 52.0 Å². The summed E-state index contributed by atoms with van der Waals surface area (Å²) in [5.74, 6) is 1.38. The molecule has 2 amide bonds. The maximum Gasteiger partial charge on any atom is 0.411 e. The largest absolute Gasteiger partial charge is 0.493 e. The minimum atomic E-state index is -0.625. The molecule has 3 aliphatic heterocycles. The minimum Gasteiger partial charge on any atom is -0.493 e. The number of carbonyl (C=O) groups excluding carboxylic acids is 2. The molecule has 1 aromatic carbocycles. The van der Waals surface area contributed by atoms with E-state index in [4.69, 9.17) is 14.2 Å². The lowest BCUT2D eigenvalue weighted by molar-refractivity contribution is -0.130. The van der Waals surface area contributed by atoms with Gasteiger partial charge in [-0.2, -0.15) is 0 Å². The zero-order chi connectivity index (χ0) is 23.9. The number of piperazine rings is 1. The van der Waals surface area contributed by atoms with Crippen LogP contribution in [0.15, 0.2) is 24.3 Å². The Labute approximate surface area is 201 Å². The summed E-state index contributed by atoms with van der Waals surface area (Å²) in [5, 5.41) is 3.21. The van der Waals surface area contributed by atoms with Crippen molar-refractivity contribution in [2.75, 3.05) is 32.8 Å². The predicted octanol–water partition coefficient (Wildman–Crippen LogP) is 3.12. The lowest BCUT2D eigenvalue weighted by Crippen LogP contribution is -2.63. The van der Waals surface area contributed by atoms with Crippen molar-refractivity contribution in [2.45, 2.75) is 76.3 Å². The first-order valence-corrected chi connectivity index (χ1v) is 12.6. The fourth-order valence-electron chi connectivity index (χ4n) is 5.21. The second-order valence-electron chi connectivity index (χ2n) is 11.1. The van der Waals surface area contributed by atoms with Gasteiger partial charge in [-0.25, -0.2) is 4.79 Å². The summed E-state index contributed by atoms with van der Waals surface area (Å²) >= 11 is 0. The molecule has 8 nitrogen and oxygen atoms in total. The number of rotatable bonds is 5. The number of ether oxygens (including phenoxy) is 3. The van der Waals surface area contributed by atoms with Crippen LogP contribution in [0.3, 0.4) is 0 Å². The van der Waals surface area contributed by atoms with Crippen LogP contribution in [0.25, 0.3) is 0 Å². The molecule has 1 aromatic rings. The minimum absolute atomic E-state index is 0.135. The van der Waals surface area contributed by atoms with Crippen molar-refractivity contribution in [2.24, 2.45) is 5.92 Å². The van der Waals surface area contributed by atoms with Crippen LogP contribution in [0.2, 0.25) is 0 Å².